The van der Waals surface area contributed by atoms with Crippen LogP contribution in [0.2, 0.25) is 0 Å². The molecule has 4 nitrogen and oxygen atoms in total. The predicted molar refractivity (Wildman–Crippen MR) is 87.7 cm³/mol. The van der Waals surface area contributed by atoms with Crippen molar-refractivity contribution in [1.29, 1.82) is 0 Å². The molecular formula is C16H24N2O2S. The van der Waals surface area contributed by atoms with Crippen molar-refractivity contribution in [1.82, 2.24) is 10.6 Å². The molecule has 0 radical (unpaired) electrons. The van der Waals surface area contributed by atoms with E-state index in [4.69, 9.17) is 4.74 Å². The molecule has 21 heavy (non-hydrogen) atoms. The fourth-order valence-corrected chi connectivity index (χ4v) is 3.04. The summed E-state index contributed by atoms with van der Waals surface area (Å²) < 4.78 is 6.00. The highest BCUT2D eigenvalue weighted by atomic mass is 32.2. The molecule has 116 valence electrons. The fraction of sp³-hybridized carbons (Fsp3) is 0.562. The number of carbonyl (C=O) groups excluding carboxylic acids is 1. The number of thioether (sulfide) groups is 1. The van der Waals surface area contributed by atoms with Gasteiger partial charge >= 0.3 is 0 Å². The van der Waals surface area contributed by atoms with Gasteiger partial charge in [0.1, 0.15) is 11.4 Å². The van der Waals surface area contributed by atoms with Crippen LogP contribution in [0.4, 0.5) is 0 Å². The quantitative estimate of drug-likeness (QED) is 0.897. The van der Waals surface area contributed by atoms with E-state index in [1.54, 1.807) is 11.8 Å². The van der Waals surface area contributed by atoms with E-state index in [2.05, 4.69) is 10.6 Å². The van der Waals surface area contributed by atoms with E-state index >= 15 is 0 Å². The number of carbonyl (C=O) groups is 1. The van der Waals surface area contributed by atoms with Gasteiger partial charge in [-0.2, -0.15) is 0 Å². The molecule has 1 aromatic rings. The molecule has 1 saturated heterocycles. The van der Waals surface area contributed by atoms with Gasteiger partial charge in [0, 0.05) is 23.7 Å². The molecule has 1 aromatic carbocycles. The van der Waals surface area contributed by atoms with Crippen molar-refractivity contribution < 1.29 is 9.53 Å². The van der Waals surface area contributed by atoms with E-state index in [9.17, 15) is 4.79 Å². The Kier molecular flexibility index (Phi) is 5.17. The third-order valence-electron chi connectivity index (χ3n) is 3.12. The van der Waals surface area contributed by atoms with Gasteiger partial charge < -0.3 is 10.1 Å². The Hall–Kier alpha value is -1.20. The van der Waals surface area contributed by atoms with Crippen LogP contribution >= 0.6 is 11.8 Å². The lowest BCUT2D eigenvalue weighted by atomic mass is 10.1. The standard InChI is InChI=1S/C16H24N2O2S/c1-11-5-6-12(14(7-11)20-16(2,3)4)8-17-15(19)13-9-21-10-18-13/h5-7,13,18H,8-10H2,1-4H3,(H,17,19). The van der Waals surface area contributed by atoms with Crippen LogP contribution in [0.15, 0.2) is 18.2 Å². The van der Waals surface area contributed by atoms with Crippen LogP contribution in [0.5, 0.6) is 5.75 Å². The van der Waals surface area contributed by atoms with E-state index in [1.165, 1.54) is 0 Å². The monoisotopic (exact) mass is 308 g/mol. The van der Waals surface area contributed by atoms with Crippen molar-refractivity contribution in [2.75, 3.05) is 11.6 Å². The average Bonchev–Trinajstić information content (AvgIpc) is 2.89. The summed E-state index contributed by atoms with van der Waals surface area (Å²) in [6, 6.07) is 6.01. The van der Waals surface area contributed by atoms with Crippen LogP contribution in [0.1, 0.15) is 31.9 Å². The minimum Gasteiger partial charge on any atom is -0.488 e. The summed E-state index contributed by atoms with van der Waals surface area (Å²) in [5, 5.41) is 6.17. The lowest BCUT2D eigenvalue weighted by Crippen LogP contribution is -2.41. The second-order valence-corrected chi connectivity index (χ2v) is 7.35. The van der Waals surface area contributed by atoms with Gasteiger partial charge in [-0.15, -0.1) is 11.8 Å². The van der Waals surface area contributed by atoms with Gasteiger partial charge in [0.15, 0.2) is 0 Å². The minimum absolute atomic E-state index is 0.0577. The Labute approximate surface area is 131 Å². The molecule has 1 aliphatic rings. The Morgan fingerprint density at radius 2 is 2.24 bits per heavy atom. The van der Waals surface area contributed by atoms with Crippen LogP contribution in [0, 0.1) is 6.92 Å². The highest BCUT2D eigenvalue weighted by Gasteiger charge is 2.22. The molecule has 1 unspecified atom stereocenters. The average molecular weight is 308 g/mol. The van der Waals surface area contributed by atoms with Crippen LogP contribution in [-0.2, 0) is 11.3 Å². The molecule has 1 atom stereocenters. The van der Waals surface area contributed by atoms with Gasteiger partial charge in [-0.25, -0.2) is 0 Å². The summed E-state index contributed by atoms with van der Waals surface area (Å²) in [5.41, 5.74) is 1.91. The molecule has 2 N–H and O–H groups in total. The maximum Gasteiger partial charge on any atom is 0.238 e. The van der Waals surface area contributed by atoms with E-state index < -0.39 is 0 Å². The van der Waals surface area contributed by atoms with Crippen LogP contribution in [0.3, 0.4) is 0 Å². The van der Waals surface area contributed by atoms with Gasteiger partial charge in [0.05, 0.1) is 6.04 Å². The van der Waals surface area contributed by atoms with Crippen molar-refractivity contribution >= 4 is 17.7 Å². The summed E-state index contributed by atoms with van der Waals surface area (Å²) in [6.45, 7) is 8.61. The van der Waals surface area contributed by atoms with Gasteiger partial charge in [0.2, 0.25) is 5.91 Å². The molecule has 0 aliphatic carbocycles. The number of amides is 1. The lowest BCUT2D eigenvalue weighted by molar-refractivity contribution is -0.122. The zero-order valence-corrected chi connectivity index (χ0v) is 14.0. The Morgan fingerprint density at radius 1 is 1.48 bits per heavy atom. The van der Waals surface area contributed by atoms with Gasteiger partial charge in [-0.1, -0.05) is 12.1 Å². The van der Waals surface area contributed by atoms with E-state index in [0.717, 1.165) is 28.5 Å². The first-order valence-corrected chi connectivity index (χ1v) is 8.38. The Balaban J connectivity index is 2.03. The normalized spacial score (nSPS) is 18.6. The molecule has 1 heterocycles. The van der Waals surface area contributed by atoms with Crippen molar-refractivity contribution in [3.05, 3.63) is 29.3 Å². The molecule has 0 bridgehead atoms. The van der Waals surface area contributed by atoms with Crippen molar-refractivity contribution in [2.24, 2.45) is 0 Å². The van der Waals surface area contributed by atoms with E-state index in [0.29, 0.717) is 6.54 Å². The number of aryl methyl sites for hydroxylation is 1. The SMILES string of the molecule is Cc1ccc(CNC(=O)C2CSCN2)c(OC(C)(C)C)c1. The zero-order chi connectivity index (χ0) is 15.5. The first-order valence-electron chi connectivity index (χ1n) is 7.22. The number of ether oxygens (including phenoxy) is 1. The molecule has 1 fully saturated rings. The summed E-state index contributed by atoms with van der Waals surface area (Å²) in [5.74, 6) is 2.59. The molecule has 5 heteroatoms. The predicted octanol–water partition coefficient (Wildman–Crippen LogP) is 2.45. The maximum absolute atomic E-state index is 12.1. The fourth-order valence-electron chi connectivity index (χ4n) is 2.10. The molecule has 2 rings (SSSR count). The molecular weight excluding hydrogens is 284 g/mol. The number of nitrogens with one attached hydrogen (secondary N) is 2. The van der Waals surface area contributed by atoms with Gasteiger partial charge in [-0.3, -0.25) is 10.1 Å². The first kappa shape index (κ1) is 16.2. The van der Waals surface area contributed by atoms with Crippen molar-refractivity contribution in [3.8, 4) is 5.75 Å². The van der Waals surface area contributed by atoms with Crippen LogP contribution in [-0.4, -0.2) is 29.2 Å². The van der Waals surface area contributed by atoms with E-state index in [1.807, 2.05) is 45.9 Å². The maximum atomic E-state index is 12.1. The van der Waals surface area contributed by atoms with Gasteiger partial charge in [-0.05, 0) is 39.3 Å². The zero-order valence-electron chi connectivity index (χ0n) is 13.2. The second-order valence-electron chi connectivity index (χ2n) is 6.32. The first-order chi connectivity index (χ1) is 9.85. The summed E-state index contributed by atoms with van der Waals surface area (Å²) >= 11 is 1.75. The van der Waals surface area contributed by atoms with Crippen LogP contribution < -0.4 is 15.4 Å². The number of rotatable bonds is 4. The topological polar surface area (TPSA) is 50.4 Å². The Bertz CT molecular complexity index is 505. The summed E-state index contributed by atoms with van der Waals surface area (Å²) in [6.07, 6.45) is 0. The molecule has 0 aromatic heterocycles. The molecule has 0 saturated carbocycles. The summed E-state index contributed by atoms with van der Waals surface area (Å²) in [4.78, 5) is 12.1. The van der Waals surface area contributed by atoms with E-state index in [-0.39, 0.29) is 17.6 Å². The highest BCUT2D eigenvalue weighted by Crippen LogP contribution is 2.24. The number of hydrogen-bond acceptors (Lipinski definition) is 4. The highest BCUT2D eigenvalue weighted by molar-refractivity contribution is 7.99. The third-order valence-corrected chi connectivity index (χ3v) is 4.06. The van der Waals surface area contributed by atoms with Gasteiger partial charge in [0.25, 0.3) is 0 Å². The third kappa shape index (κ3) is 4.93. The summed E-state index contributed by atoms with van der Waals surface area (Å²) in [7, 11) is 0. The second kappa shape index (κ2) is 6.71. The van der Waals surface area contributed by atoms with Crippen molar-refractivity contribution in [2.45, 2.75) is 45.9 Å². The largest absolute Gasteiger partial charge is 0.488 e. The number of benzene rings is 1. The smallest absolute Gasteiger partial charge is 0.238 e. The van der Waals surface area contributed by atoms with Crippen LogP contribution in [0.25, 0.3) is 0 Å². The lowest BCUT2D eigenvalue weighted by Gasteiger charge is -2.24. The molecule has 1 amide bonds. The molecule has 0 spiro atoms. The van der Waals surface area contributed by atoms with Crippen molar-refractivity contribution in [3.63, 3.8) is 0 Å². The minimum atomic E-state index is -0.254. The Morgan fingerprint density at radius 3 is 2.86 bits per heavy atom. The molecule has 1 aliphatic heterocycles. The number of hydrogen-bond donors (Lipinski definition) is 2.